The first-order chi connectivity index (χ1) is 9.31. The Kier molecular flexibility index (Phi) is 6.55. The normalized spacial score (nSPS) is 16.9. The number of carbonyl (C=O) groups excluding carboxylic acids is 2. The Morgan fingerprint density at radius 3 is 2.35 bits per heavy atom. The van der Waals surface area contributed by atoms with Crippen LogP contribution < -0.4 is 0 Å². The molecule has 0 aromatic heterocycles. The highest BCUT2D eigenvalue weighted by Crippen LogP contribution is 2.17. The van der Waals surface area contributed by atoms with E-state index in [1.54, 1.807) is 4.90 Å². The van der Waals surface area contributed by atoms with Gasteiger partial charge in [-0.3, -0.25) is 0 Å². The van der Waals surface area contributed by atoms with Crippen molar-refractivity contribution in [2.24, 2.45) is 0 Å². The maximum atomic E-state index is 11.8. The molecule has 7 heteroatoms. The summed E-state index contributed by atoms with van der Waals surface area (Å²) in [6.45, 7) is 6.52. The molecule has 20 heavy (non-hydrogen) atoms. The van der Waals surface area contributed by atoms with Crippen molar-refractivity contribution in [1.29, 1.82) is 0 Å². The van der Waals surface area contributed by atoms with Gasteiger partial charge in [0.15, 0.2) is 6.07 Å². The molecule has 0 unspecified atom stereocenters. The zero-order valence-corrected chi connectivity index (χ0v) is 12.9. The summed E-state index contributed by atoms with van der Waals surface area (Å²) in [5.41, 5.74) is -0.490. The summed E-state index contributed by atoms with van der Waals surface area (Å²) >= 11 is 5.27. The summed E-state index contributed by atoms with van der Waals surface area (Å²) in [6.07, 6.45) is 0.995. The second kappa shape index (κ2) is 7.69. The fraction of sp³-hybridized carbons (Fsp3) is 0.846. The van der Waals surface area contributed by atoms with Gasteiger partial charge in [0, 0.05) is 13.1 Å². The summed E-state index contributed by atoms with van der Waals surface area (Å²) in [7, 11) is 0. The number of hydrogen-bond acceptors (Lipinski definition) is 5. The van der Waals surface area contributed by atoms with Crippen LogP contribution in [0.1, 0.15) is 33.6 Å². The monoisotopic (exact) mass is 307 g/mol. The molecule has 1 rings (SSSR count). The Morgan fingerprint density at radius 1 is 1.25 bits per heavy atom. The molecule has 1 fully saturated rings. The van der Waals surface area contributed by atoms with E-state index in [1.165, 1.54) is 0 Å². The van der Waals surface area contributed by atoms with Crippen molar-refractivity contribution in [3.8, 4) is 0 Å². The number of esters is 1. The van der Waals surface area contributed by atoms with Gasteiger partial charge in [0.1, 0.15) is 12.2 Å². The summed E-state index contributed by atoms with van der Waals surface area (Å²) in [4.78, 5) is 24.6. The van der Waals surface area contributed by atoms with Crippen molar-refractivity contribution in [2.45, 2.75) is 45.3 Å². The molecular weight excluding hydrogens is 286 g/mol. The lowest BCUT2D eigenvalue weighted by molar-refractivity contribution is -0.149. The van der Waals surface area contributed by atoms with Crippen molar-refractivity contribution in [2.75, 3.05) is 25.8 Å². The largest absolute Gasteiger partial charge is 0.448 e. The highest BCUT2D eigenvalue weighted by molar-refractivity contribution is 6.17. The number of halogens is 1. The van der Waals surface area contributed by atoms with E-state index >= 15 is 0 Å². The van der Waals surface area contributed by atoms with Crippen LogP contribution in [-0.4, -0.2) is 54.4 Å². The van der Waals surface area contributed by atoms with Crippen LogP contribution in [0.15, 0.2) is 0 Å². The number of ether oxygens (including phenoxy) is 3. The molecule has 1 aliphatic heterocycles. The molecule has 1 amide bonds. The lowest BCUT2D eigenvalue weighted by atomic mass is 10.1. The molecule has 6 nitrogen and oxygen atoms in total. The lowest BCUT2D eigenvalue weighted by Gasteiger charge is -2.33. The van der Waals surface area contributed by atoms with Crippen LogP contribution in [-0.2, 0) is 19.0 Å². The molecule has 1 heterocycles. The van der Waals surface area contributed by atoms with E-state index in [9.17, 15) is 9.59 Å². The SMILES string of the molecule is CC(C)(C)OC(=O)N1CCC(OCC(=O)OCCl)CC1. The van der Waals surface area contributed by atoms with Crippen molar-refractivity contribution >= 4 is 23.7 Å². The Labute approximate surface area is 124 Å². The smallest absolute Gasteiger partial charge is 0.410 e. The van der Waals surface area contributed by atoms with Gasteiger partial charge in [0.2, 0.25) is 0 Å². The Hall–Kier alpha value is -1.01. The van der Waals surface area contributed by atoms with Gasteiger partial charge < -0.3 is 19.1 Å². The third-order valence-electron chi connectivity index (χ3n) is 2.75. The van der Waals surface area contributed by atoms with E-state index in [4.69, 9.17) is 21.1 Å². The van der Waals surface area contributed by atoms with E-state index in [1.807, 2.05) is 20.8 Å². The van der Waals surface area contributed by atoms with Crippen LogP contribution in [0, 0.1) is 0 Å². The molecule has 0 saturated carbocycles. The van der Waals surface area contributed by atoms with Gasteiger partial charge in [-0.25, -0.2) is 9.59 Å². The predicted molar refractivity (Wildman–Crippen MR) is 73.6 cm³/mol. The summed E-state index contributed by atoms with van der Waals surface area (Å²) in [5, 5.41) is 0. The first-order valence-electron chi connectivity index (χ1n) is 6.63. The third-order valence-corrected chi connectivity index (χ3v) is 2.86. The van der Waals surface area contributed by atoms with Gasteiger partial charge in [-0.2, -0.15) is 0 Å². The minimum atomic E-state index is -0.490. The van der Waals surface area contributed by atoms with Gasteiger partial charge in [0.25, 0.3) is 0 Å². The molecule has 0 radical (unpaired) electrons. The van der Waals surface area contributed by atoms with E-state index in [0.29, 0.717) is 25.9 Å². The van der Waals surface area contributed by atoms with E-state index in [-0.39, 0.29) is 24.9 Å². The second-order valence-electron chi connectivity index (χ2n) is 5.60. The molecule has 0 aromatic carbocycles. The number of rotatable bonds is 4. The first-order valence-corrected chi connectivity index (χ1v) is 7.16. The van der Waals surface area contributed by atoms with E-state index in [0.717, 1.165) is 0 Å². The van der Waals surface area contributed by atoms with Gasteiger partial charge in [-0.05, 0) is 33.6 Å². The molecule has 116 valence electrons. The average molecular weight is 308 g/mol. The van der Waals surface area contributed by atoms with Crippen molar-refractivity contribution in [3.63, 3.8) is 0 Å². The number of carbonyl (C=O) groups is 2. The van der Waals surface area contributed by atoms with Crippen molar-refractivity contribution < 1.29 is 23.8 Å². The molecule has 0 N–H and O–H groups in total. The molecule has 1 saturated heterocycles. The van der Waals surface area contributed by atoms with Gasteiger partial charge in [-0.15, -0.1) is 0 Å². The zero-order chi connectivity index (χ0) is 15.2. The average Bonchev–Trinajstić information content (AvgIpc) is 2.35. The molecule has 0 aliphatic carbocycles. The number of amides is 1. The van der Waals surface area contributed by atoms with Crippen LogP contribution >= 0.6 is 11.6 Å². The molecule has 0 aromatic rings. The molecule has 0 atom stereocenters. The second-order valence-corrected chi connectivity index (χ2v) is 5.82. The predicted octanol–water partition coefficient (Wildman–Crippen LogP) is 2.14. The molecule has 0 bridgehead atoms. The van der Waals surface area contributed by atoms with Crippen molar-refractivity contribution in [3.05, 3.63) is 0 Å². The summed E-state index contributed by atoms with van der Waals surface area (Å²) in [6, 6.07) is -0.167. The zero-order valence-electron chi connectivity index (χ0n) is 12.2. The van der Waals surface area contributed by atoms with Crippen LogP contribution in [0.25, 0.3) is 0 Å². The number of piperidine rings is 1. The van der Waals surface area contributed by atoms with Gasteiger partial charge in [0.05, 0.1) is 6.10 Å². The highest BCUT2D eigenvalue weighted by Gasteiger charge is 2.27. The van der Waals surface area contributed by atoms with Gasteiger partial charge >= 0.3 is 12.1 Å². The van der Waals surface area contributed by atoms with Crippen molar-refractivity contribution in [1.82, 2.24) is 4.90 Å². The summed E-state index contributed by atoms with van der Waals surface area (Å²) < 4.78 is 15.3. The number of likely N-dealkylation sites (tertiary alicyclic amines) is 1. The topological polar surface area (TPSA) is 65.1 Å². The Morgan fingerprint density at radius 2 is 1.85 bits per heavy atom. The fourth-order valence-corrected chi connectivity index (χ4v) is 1.94. The maximum absolute atomic E-state index is 11.8. The number of nitrogens with zero attached hydrogens (tertiary/aromatic N) is 1. The van der Waals surface area contributed by atoms with E-state index < -0.39 is 11.6 Å². The van der Waals surface area contributed by atoms with Gasteiger partial charge in [-0.1, -0.05) is 11.6 Å². The number of alkyl halides is 1. The molecule has 0 spiro atoms. The van der Waals surface area contributed by atoms with E-state index in [2.05, 4.69) is 4.74 Å². The standard InChI is InChI=1S/C13H22ClNO5/c1-13(2,3)20-12(17)15-6-4-10(5-7-15)18-8-11(16)19-9-14/h10H,4-9H2,1-3H3. The van der Waals surface area contributed by atoms with Crippen LogP contribution in [0.2, 0.25) is 0 Å². The van der Waals surface area contributed by atoms with Crippen LogP contribution in [0.3, 0.4) is 0 Å². The Bertz CT molecular complexity index is 334. The lowest BCUT2D eigenvalue weighted by Crippen LogP contribution is -2.43. The first kappa shape index (κ1) is 17.0. The molecule has 1 aliphatic rings. The van der Waals surface area contributed by atoms with Crippen LogP contribution in [0.5, 0.6) is 0 Å². The summed E-state index contributed by atoms with van der Waals surface area (Å²) in [5.74, 6) is -0.477. The highest BCUT2D eigenvalue weighted by atomic mass is 35.5. The number of hydrogen-bond donors (Lipinski definition) is 0. The third kappa shape index (κ3) is 6.43. The molecular formula is C13H22ClNO5. The van der Waals surface area contributed by atoms with Crippen LogP contribution in [0.4, 0.5) is 4.79 Å². The minimum absolute atomic E-state index is 0.0448. The minimum Gasteiger partial charge on any atom is -0.448 e. The maximum Gasteiger partial charge on any atom is 0.410 e. The Balaban J connectivity index is 2.26. The fourth-order valence-electron chi connectivity index (χ4n) is 1.82. The quantitative estimate of drug-likeness (QED) is 0.588.